The number of fused-ring (bicyclic) bond motifs is 1. The molecule has 0 aromatic carbocycles. The fraction of sp³-hybridized carbons (Fsp3) is 0.364. The van der Waals surface area contributed by atoms with Crippen molar-refractivity contribution in [2.45, 2.75) is 26.8 Å². The molecule has 4 heteroatoms. The highest BCUT2D eigenvalue weighted by Gasteiger charge is 2.09. The van der Waals surface area contributed by atoms with E-state index in [1.165, 1.54) is 0 Å². The largest absolute Gasteiger partial charge is 0.299 e. The zero-order valence-corrected chi connectivity index (χ0v) is 8.86. The average molecular weight is 200 g/mol. The molecule has 0 spiro atoms. The molecule has 0 saturated heterocycles. The molecule has 0 unspecified atom stereocenters. The van der Waals surface area contributed by atoms with Gasteiger partial charge in [-0.3, -0.25) is 4.57 Å². The van der Waals surface area contributed by atoms with Crippen LogP contribution in [0.4, 0.5) is 0 Å². The quantitative estimate of drug-likeness (QED) is 0.743. The second-order valence-corrected chi connectivity index (χ2v) is 3.48. The predicted octanol–water partition coefficient (Wildman–Crippen LogP) is 1.83. The molecule has 0 saturated carbocycles. The molecule has 2 rings (SSSR count). The first kappa shape index (κ1) is 9.66. The number of nitriles is 1. The molecule has 2 aromatic heterocycles. The Morgan fingerprint density at radius 1 is 1.53 bits per heavy atom. The third-order valence-electron chi connectivity index (χ3n) is 2.35. The SMILES string of the molecule is CCc1nc2cc(C)cnc2n1CC#N. The smallest absolute Gasteiger partial charge is 0.160 e. The van der Waals surface area contributed by atoms with Crippen LogP contribution in [-0.4, -0.2) is 14.5 Å². The fourth-order valence-electron chi connectivity index (χ4n) is 1.67. The van der Waals surface area contributed by atoms with Crippen molar-refractivity contribution in [2.24, 2.45) is 0 Å². The van der Waals surface area contributed by atoms with Gasteiger partial charge >= 0.3 is 0 Å². The lowest BCUT2D eigenvalue weighted by atomic mass is 10.3. The number of nitrogens with zero attached hydrogens (tertiary/aromatic N) is 4. The van der Waals surface area contributed by atoms with E-state index in [0.29, 0.717) is 6.54 Å². The van der Waals surface area contributed by atoms with Crippen LogP contribution in [0.2, 0.25) is 0 Å². The van der Waals surface area contributed by atoms with Gasteiger partial charge in [0.2, 0.25) is 0 Å². The first-order chi connectivity index (χ1) is 7.26. The highest BCUT2D eigenvalue weighted by Crippen LogP contribution is 2.15. The van der Waals surface area contributed by atoms with E-state index in [4.69, 9.17) is 5.26 Å². The lowest BCUT2D eigenvalue weighted by Gasteiger charge is -2.00. The second kappa shape index (κ2) is 3.70. The summed E-state index contributed by atoms with van der Waals surface area (Å²) in [6, 6.07) is 4.13. The minimum absolute atomic E-state index is 0.315. The van der Waals surface area contributed by atoms with Crippen molar-refractivity contribution in [1.82, 2.24) is 14.5 Å². The summed E-state index contributed by atoms with van der Waals surface area (Å²) >= 11 is 0. The third-order valence-corrected chi connectivity index (χ3v) is 2.35. The molecule has 0 aliphatic rings. The zero-order valence-electron chi connectivity index (χ0n) is 8.86. The van der Waals surface area contributed by atoms with Crippen molar-refractivity contribution in [3.63, 3.8) is 0 Å². The van der Waals surface area contributed by atoms with Crippen molar-refractivity contribution in [1.29, 1.82) is 5.26 Å². The van der Waals surface area contributed by atoms with Crippen molar-refractivity contribution >= 4 is 11.2 Å². The third kappa shape index (κ3) is 1.57. The summed E-state index contributed by atoms with van der Waals surface area (Å²) in [5.74, 6) is 0.921. The Hall–Kier alpha value is -1.89. The maximum atomic E-state index is 8.75. The number of rotatable bonds is 2. The van der Waals surface area contributed by atoms with E-state index in [-0.39, 0.29) is 0 Å². The van der Waals surface area contributed by atoms with Crippen LogP contribution in [0.1, 0.15) is 18.3 Å². The number of aryl methyl sites for hydroxylation is 2. The van der Waals surface area contributed by atoms with Crippen LogP contribution in [-0.2, 0) is 13.0 Å². The van der Waals surface area contributed by atoms with Crippen LogP contribution in [0.5, 0.6) is 0 Å². The van der Waals surface area contributed by atoms with Crippen molar-refractivity contribution < 1.29 is 0 Å². The van der Waals surface area contributed by atoms with Gasteiger partial charge in [-0.15, -0.1) is 0 Å². The number of aromatic nitrogens is 3. The minimum atomic E-state index is 0.315. The lowest BCUT2D eigenvalue weighted by Crippen LogP contribution is -2.02. The monoisotopic (exact) mass is 200 g/mol. The highest BCUT2D eigenvalue weighted by molar-refractivity contribution is 5.72. The fourth-order valence-corrected chi connectivity index (χ4v) is 1.67. The second-order valence-electron chi connectivity index (χ2n) is 3.48. The molecule has 0 fully saturated rings. The first-order valence-electron chi connectivity index (χ1n) is 4.95. The Kier molecular flexibility index (Phi) is 2.38. The van der Waals surface area contributed by atoms with Crippen molar-refractivity contribution in [3.8, 4) is 6.07 Å². The normalized spacial score (nSPS) is 10.5. The van der Waals surface area contributed by atoms with Gasteiger partial charge in [0.15, 0.2) is 5.65 Å². The van der Waals surface area contributed by atoms with Crippen molar-refractivity contribution in [2.75, 3.05) is 0 Å². The van der Waals surface area contributed by atoms with E-state index in [1.807, 2.05) is 24.5 Å². The van der Waals surface area contributed by atoms with Gasteiger partial charge in [0, 0.05) is 12.6 Å². The van der Waals surface area contributed by atoms with E-state index in [2.05, 4.69) is 16.0 Å². The van der Waals surface area contributed by atoms with Gasteiger partial charge in [0.25, 0.3) is 0 Å². The summed E-state index contributed by atoms with van der Waals surface area (Å²) in [5, 5.41) is 8.75. The van der Waals surface area contributed by atoms with Crippen LogP contribution in [0, 0.1) is 18.3 Å². The Morgan fingerprint density at radius 3 is 3.00 bits per heavy atom. The minimum Gasteiger partial charge on any atom is -0.299 e. The lowest BCUT2D eigenvalue weighted by molar-refractivity contribution is 0.769. The number of imidazole rings is 1. The molecule has 0 radical (unpaired) electrons. The summed E-state index contributed by atoms with van der Waals surface area (Å²) in [5.41, 5.74) is 2.77. The van der Waals surface area contributed by atoms with Gasteiger partial charge in [-0.05, 0) is 18.6 Å². The van der Waals surface area contributed by atoms with Crippen molar-refractivity contribution in [3.05, 3.63) is 23.7 Å². The summed E-state index contributed by atoms with van der Waals surface area (Å²) in [6.07, 6.45) is 2.62. The average Bonchev–Trinajstić information content (AvgIpc) is 2.56. The van der Waals surface area contributed by atoms with E-state index in [9.17, 15) is 0 Å². The standard InChI is InChI=1S/C11H12N4/c1-3-10-14-9-6-8(2)7-13-11(9)15(10)5-4-12/h6-7H,3,5H2,1-2H3. The summed E-state index contributed by atoms with van der Waals surface area (Å²) in [4.78, 5) is 8.78. The molecule has 0 bridgehead atoms. The van der Waals surface area contributed by atoms with E-state index in [0.717, 1.165) is 29.0 Å². The first-order valence-corrected chi connectivity index (χ1v) is 4.95. The Labute approximate surface area is 88.2 Å². The molecule has 0 atom stereocenters. The summed E-state index contributed by atoms with van der Waals surface area (Å²) < 4.78 is 1.87. The highest BCUT2D eigenvalue weighted by atomic mass is 15.1. The maximum absolute atomic E-state index is 8.75. The predicted molar refractivity (Wildman–Crippen MR) is 57.3 cm³/mol. The maximum Gasteiger partial charge on any atom is 0.160 e. The molecule has 0 N–H and O–H groups in total. The van der Waals surface area contributed by atoms with Gasteiger partial charge < -0.3 is 0 Å². The van der Waals surface area contributed by atoms with Gasteiger partial charge in [-0.1, -0.05) is 6.92 Å². The summed E-state index contributed by atoms with van der Waals surface area (Å²) in [7, 11) is 0. The molecule has 0 aliphatic carbocycles. The molecule has 4 nitrogen and oxygen atoms in total. The number of hydrogen-bond donors (Lipinski definition) is 0. The van der Waals surface area contributed by atoms with E-state index < -0.39 is 0 Å². The van der Waals surface area contributed by atoms with E-state index in [1.54, 1.807) is 6.20 Å². The molecule has 76 valence electrons. The molecular weight excluding hydrogens is 188 g/mol. The van der Waals surface area contributed by atoms with E-state index >= 15 is 0 Å². The van der Waals surface area contributed by atoms with Crippen LogP contribution < -0.4 is 0 Å². The van der Waals surface area contributed by atoms with Gasteiger partial charge in [-0.25, -0.2) is 9.97 Å². The number of pyridine rings is 1. The van der Waals surface area contributed by atoms with Gasteiger partial charge in [0.1, 0.15) is 17.9 Å². The summed E-state index contributed by atoms with van der Waals surface area (Å²) in [6.45, 7) is 4.33. The molecule has 2 aromatic rings. The topological polar surface area (TPSA) is 54.5 Å². The molecule has 0 aliphatic heterocycles. The molecule has 0 amide bonds. The molecule has 2 heterocycles. The number of hydrogen-bond acceptors (Lipinski definition) is 3. The van der Waals surface area contributed by atoms with Crippen LogP contribution >= 0.6 is 0 Å². The van der Waals surface area contributed by atoms with Crippen LogP contribution in [0.3, 0.4) is 0 Å². The zero-order chi connectivity index (χ0) is 10.8. The molecule has 15 heavy (non-hydrogen) atoms. The Bertz CT molecular complexity index is 533. The van der Waals surface area contributed by atoms with Gasteiger partial charge in [0.05, 0.1) is 6.07 Å². The van der Waals surface area contributed by atoms with Gasteiger partial charge in [-0.2, -0.15) is 5.26 Å². The van der Waals surface area contributed by atoms with Crippen LogP contribution in [0.15, 0.2) is 12.3 Å². The molecular formula is C11H12N4. The Morgan fingerprint density at radius 2 is 2.33 bits per heavy atom. The van der Waals surface area contributed by atoms with Crippen LogP contribution in [0.25, 0.3) is 11.2 Å². The Balaban J connectivity index is 2.70.